The van der Waals surface area contributed by atoms with Gasteiger partial charge in [-0.2, -0.15) is 8.42 Å². The quantitative estimate of drug-likeness (QED) is 0.387. The zero-order chi connectivity index (χ0) is 26.6. The van der Waals surface area contributed by atoms with Crippen molar-refractivity contribution in [2.24, 2.45) is 0 Å². The average Bonchev–Trinajstić information content (AvgIpc) is 2.89. The molecule has 3 aromatic rings. The van der Waals surface area contributed by atoms with Gasteiger partial charge in [0.1, 0.15) is 17.2 Å². The normalized spacial score (nSPS) is 16.0. The Morgan fingerprint density at radius 3 is 2.30 bits per heavy atom. The van der Waals surface area contributed by atoms with Crippen molar-refractivity contribution >= 4 is 32.5 Å². The van der Waals surface area contributed by atoms with E-state index in [1.54, 1.807) is 26.5 Å². The molecule has 1 saturated heterocycles. The van der Waals surface area contributed by atoms with Gasteiger partial charge < -0.3 is 24.4 Å². The van der Waals surface area contributed by atoms with Crippen LogP contribution < -0.4 is 14.4 Å². The Morgan fingerprint density at radius 2 is 1.68 bits per heavy atom. The highest BCUT2D eigenvalue weighted by atomic mass is 32.2. The summed E-state index contributed by atoms with van der Waals surface area (Å²) < 4.78 is 39.0. The van der Waals surface area contributed by atoms with E-state index in [0.717, 1.165) is 38.1 Å². The number of nitrogens with zero attached hydrogens (tertiary/aromatic N) is 5. The van der Waals surface area contributed by atoms with E-state index in [1.807, 2.05) is 40.1 Å². The summed E-state index contributed by atoms with van der Waals surface area (Å²) in [7, 11) is 1.58. The molecule has 0 amide bonds. The molecule has 0 bridgehead atoms. The maximum absolute atomic E-state index is 11.6. The molecule has 1 aliphatic heterocycles. The van der Waals surface area contributed by atoms with Crippen molar-refractivity contribution in [2.75, 3.05) is 71.8 Å². The SMILES string of the molecule is COc1cc(OC)cc(N(CCOS(C)(=O)=O)c2ccc3ncc(C(O)N4CCN(C)CC4)nc3c2)c1. The van der Waals surface area contributed by atoms with Gasteiger partial charge in [-0.1, -0.05) is 0 Å². The van der Waals surface area contributed by atoms with Gasteiger partial charge in [0.25, 0.3) is 10.1 Å². The predicted molar refractivity (Wildman–Crippen MR) is 141 cm³/mol. The van der Waals surface area contributed by atoms with Crippen LogP contribution in [0.15, 0.2) is 42.6 Å². The Balaban J connectivity index is 1.69. The molecule has 37 heavy (non-hydrogen) atoms. The molecular weight excluding hydrogens is 498 g/mol. The minimum Gasteiger partial charge on any atom is -0.497 e. The van der Waals surface area contributed by atoms with Crippen molar-refractivity contribution in [1.82, 2.24) is 19.8 Å². The molecule has 11 nitrogen and oxygen atoms in total. The number of rotatable bonds is 10. The van der Waals surface area contributed by atoms with Crippen LogP contribution in [0.5, 0.6) is 11.5 Å². The van der Waals surface area contributed by atoms with Crippen LogP contribution in [0.1, 0.15) is 11.9 Å². The molecular formula is C25H33N5O6S. The molecule has 12 heteroatoms. The Hall–Kier alpha value is -3.03. The molecule has 200 valence electrons. The first-order valence-electron chi connectivity index (χ1n) is 11.9. The predicted octanol–water partition coefficient (Wildman–Crippen LogP) is 2.00. The lowest BCUT2D eigenvalue weighted by molar-refractivity contribution is -0.0259. The highest BCUT2D eigenvalue weighted by Crippen LogP contribution is 2.34. The fourth-order valence-corrected chi connectivity index (χ4v) is 4.57. The first-order chi connectivity index (χ1) is 17.7. The molecule has 1 atom stereocenters. The number of ether oxygens (including phenoxy) is 2. The van der Waals surface area contributed by atoms with Crippen molar-refractivity contribution in [3.63, 3.8) is 0 Å². The van der Waals surface area contributed by atoms with Crippen molar-refractivity contribution < 1.29 is 27.2 Å². The number of anilines is 2. The summed E-state index contributed by atoms with van der Waals surface area (Å²) in [6.07, 6.45) is 1.77. The van der Waals surface area contributed by atoms with E-state index in [0.29, 0.717) is 33.9 Å². The van der Waals surface area contributed by atoms with E-state index >= 15 is 0 Å². The van der Waals surface area contributed by atoms with Gasteiger partial charge in [-0.05, 0) is 25.2 Å². The van der Waals surface area contributed by atoms with Crippen molar-refractivity contribution in [2.45, 2.75) is 6.23 Å². The number of benzene rings is 2. The lowest BCUT2D eigenvalue weighted by Gasteiger charge is -2.35. The number of aromatic nitrogens is 2. The molecule has 1 aliphatic rings. The summed E-state index contributed by atoms with van der Waals surface area (Å²) >= 11 is 0. The second-order valence-electron chi connectivity index (χ2n) is 8.93. The van der Waals surface area contributed by atoms with Crippen LogP contribution in [0.25, 0.3) is 11.0 Å². The van der Waals surface area contributed by atoms with Crippen molar-refractivity contribution in [3.05, 3.63) is 48.3 Å². The molecule has 1 aromatic heterocycles. The van der Waals surface area contributed by atoms with Gasteiger partial charge in [0, 0.05) is 62.3 Å². The monoisotopic (exact) mass is 531 g/mol. The van der Waals surface area contributed by atoms with Crippen molar-refractivity contribution in [1.29, 1.82) is 0 Å². The largest absolute Gasteiger partial charge is 0.497 e. The Bertz CT molecular complexity index is 1310. The van der Waals surface area contributed by atoms with Gasteiger partial charge in [0.15, 0.2) is 6.23 Å². The third kappa shape index (κ3) is 6.84. The number of piperazine rings is 1. The Kier molecular flexibility index (Phi) is 8.45. The number of fused-ring (bicyclic) bond motifs is 1. The van der Waals surface area contributed by atoms with E-state index in [-0.39, 0.29) is 13.2 Å². The Labute approximate surface area is 217 Å². The highest BCUT2D eigenvalue weighted by Gasteiger charge is 2.23. The molecule has 0 radical (unpaired) electrons. The molecule has 1 unspecified atom stereocenters. The van der Waals surface area contributed by atoms with Gasteiger partial charge >= 0.3 is 0 Å². The van der Waals surface area contributed by atoms with Crippen LogP contribution in [0.3, 0.4) is 0 Å². The molecule has 2 heterocycles. The van der Waals surface area contributed by atoms with Crippen LogP contribution in [0.2, 0.25) is 0 Å². The van der Waals surface area contributed by atoms with Crippen LogP contribution in [-0.2, 0) is 14.3 Å². The van der Waals surface area contributed by atoms with E-state index < -0.39 is 16.3 Å². The van der Waals surface area contributed by atoms with E-state index in [9.17, 15) is 13.5 Å². The highest BCUT2D eigenvalue weighted by molar-refractivity contribution is 7.85. The molecule has 0 aliphatic carbocycles. The number of aliphatic hydroxyl groups is 1. The third-order valence-electron chi connectivity index (χ3n) is 6.26. The fraction of sp³-hybridized carbons (Fsp3) is 0.440. The topological polar surface area (TPSA) is 118 Å². The second-order valence-corrected chi connectivity index (χ2v) is 10.6. The summed E-state index contributed by atoms with van der Waals surface area (Å²) in [6.45, 7) is 3.38. The number of likely N-dealkylation sites (N-methyl/N-ethyl adjacent to an activating group) is 1. The van der Waals surface area contributed by atoms with Crippen LogP contribution >= 0.6 is 0 Å². The molecule has 0 saturated carbocycles. The first-order valence-corrected chi connectivity index (χ1v) is 13.7. The second kappa shape index (κ2) is 11.6. The van der Waals surface area contributed by atoms with Crippen LogP contribution in [0.4, 0.5) is 11.4 Å². The molecule has 2 aromatic carbocycles. The maximum atomic E-state index is 11.6. The zero-order valence-corrected chi connectivity index (χ0v) is 22.3. The van der Waals surface area contributed by atoms with E-state index in [2.05, 4.69) is 16.9 Å². The van der Waals surface area contributed by atoms with Gasteiger partial charge in [-0.25, -0.2) is 4.98 Å². The smallest absolute Gasteiger partial charge is 0.264 e. The van der Waals surface area contributed by atoms with E-state index in [4.69, 9.17) is 18.6 Å². The summed E-state index contributed by atoms with van der Waals surface area (Å²) in [5.74, 6) is 1.17. The summed E-state index contributed by atoms with van der Waals surface area (Å²) in [6, 6.07) is 11.0. The van der Waals surface area contributed by atoms with Gasteiger partial charge in [-0.15, -0.1) is 0 Å². The summed E-state index contributed by atoms with van der Waals surface area (Å²) in [5, 5.41) is 10.9. The number of methoxy groups -OCH3 is 2. The standard InChI is InChI=1S/C25H33N5O6S/c1-28-7-9-29(10-8-28)25(31)24-17-26-22-6-5-18(15-23(22)27-24)30(11-12-36-37(4,32)33)19-13-20(34-2)16-21(14-19)35-3/h5-6,13-17,25,31H,7-12H2,1-4H3. The van der Waals surface area contributed by atoms with Gasteiger partial charge in [-0.3, -0.25) is 14.1 Å². The first kappa shape index (κ1) is 27.0. The van der Waals surface area contributed by atoms with Crippen LogP contribution in [0, 0.1) is 0 Å². The van der Waals surface area contributed by atoms with E-state index in [1.165, 1.54) is 0 Å². The molecule has 1 fully saturated rings. The summed E-state index contributed by atoms with van der Waals surface area (Å²) in [5.41, 5.74) is 3.21. The van der Waals surface area contributed by atoms with Gasteiger partial charge in [0.2, 0.25) is 0 Å². The number of hydrogen-bond acceptors (Lipinski definition) is 11. The third-order valence-corrected chi connectivity index (χ3v) is 6.86. The molecule has 1 N–H and O–H groups in total. The minimum atomic E-state index is -3.61. The van der Waals surface area contributed by atoms with Gasteiger partial charge in [0.05, 0.1) is 44.3 Å². The maximum Gasteiger partial charge on any atom is 0.264 e. The lowest BCUT2D eigenvalue weighted by Crippen LogP contribution is -2.46. The van der Waals surface area contributed by atoms with Crippen LogP contribution in [-0.4, -0.2) is 100 Å². The number of aliphatic hydroxyl groups excluding tert-OH is 1. The molecule has 4 rings (SSSR count). The molecule has 0 spiro atoms. The number of hydrogen-bond donors (Lipinski definition) is 1. The summed E-state index contributed by atoms with van der Waals surface area (Å²) in [4.78, 5) is 15.3. The van der Waals surface area contributed by atoms with Crippen molar-refractivity contribution in [3.8, 4) is 11.5 Å². The fourth-order valence-electron chi connectivity index (χ4n) is 4.20. The average molecular weight is 532 g/mol. The minimum absolute atomic E-state index is 0.0652. The zero-order valence-electron chi connectivity index (χ0n) is 21.5. The lowest BCUT2D eigenvalue weighted by atomic mass is 10.2. The Morgan fingerprint density at radius 1 is 1.00 bits per heavy atom.